The van der Waals surface area contributed by atoms with Crippen LogP contribution in [0.2, 0.25) is 0 Å². The second-order valence-corrected chi connectivity index (χ2v) is 4.88. The van der Waals surface area contributed by atoms with Crippen LogP contribution >= 0.6 is 0 Å². The fourth-order valence-electron chi connectivity index (χ4n) is 2.83. The van der Waals surface area contributed by atoms with Gasteiger partial charge in [0.1, 0.15) is 11.5 Å². The van der Waals surface area contributed by atoms with Gasteiger partial charge < -0.3 is 19.5 Å². The Morgan fingerprint density at radius 2 is 2.10 bits per heavy atom. The van der Waals surface area contributed by atoms with Crippen LogP contribution in [0.1, 0.15) is 24.9 Å². The van der Waals surface area contributed by atoms with Crippen LogP contribution in [0, 0.1) is 5.92 Å². The van der Waals surface area contributed by atoms with Crippen molar-refractivity contribution in [3.05, 3.63) is 23.8 Å². The zero-order valence-corrected chi connectivity index (χ0v) is 12.3. The van der Waals surface area contributed by atoms with E-state index in [0.717, 1.165) is 0 Å². The van der Waals surface area contributed by atoms with Crippen molar-refractivity contribution in [1.29, 1.82) is 0 Å². The van der Waals surface area contributed by atoms with Crippen LogP contribution in [0.4, 0.5) is 0 Å². The predicted molar refractivity (Wildman–Crippen MR) is 75.4 cm³/mol. The summed E-state index contributed by atoms with van der Waals surface area (Å²) in [5.41, 5.74) is 0.693. The molecule has 1 fully saturated rings. The van der Waals surface area contributed by atoms with Crippen LogP contribution < -0.4 is 9.47 Å². The number of nitrogens with zero attached hydrogens (tertiary/aromatic N) is 1. The third-order valence-corrected chi connectivity index (χ3v) is 3.85. The van der Waals surface area contributed by atoms with E-state index in [4.69, 9.17) is 9.47 Å². The van der Waals surface area contributed by atoms with Crippen molar-refractivity contribution in [3.63, 3.8) is 0 Å². The van der Waals surface area contributed by atoms with Crippen molar-refractivity contribution >= 4 is 11.9 Å². The first kappa shape index (κ1) is 15.2. The molecule has 0 aromatic heterocycles. The maximum absolute atomic E-state index is 12.0. The van der Waals surface area contributed by atoms with Gasteiger partial charge in [-0.3, -0.25) is 9.59 Å². The summed E-state index contributed by atoms with van der Waals surface area (Å²) in [5, 5.41) is 9.40. The van der Waals surface area contributed by atoms with Gasteiger partial charge in [-0.15, -0.1) is 0 Å². The lowest BCUT2D eigenvalue weighted by Crippen LogP contribution is -2.30. The number of ether oxygens (including phenoxy) is 2. The summed E-state index contributed by atoms with van der Waals surface area (Å²) in [5.74, 6) is -0.733. The number of likely N-dealkylation sites (tertiary alicyclic amines) is 1. The second-order valence-electron chi connectivity index (χ2n) is 4.88. The molecule has 114 valence electrons. The highest BCUT2D eigenvalue weighted by Crippen LogP contribution is 2.42. The predicted octanol–water partition coefficient (Wildman–Crippen LogP) is 1.70. The number of hydrogen-bond donors (Lipinski definition) is 1. The van der Waals surface area contributed by atoms with Gasteiger partial charge in [0.05, 0.1) is 26.2 Å². The summed E-state index contributed by atoms with van der Waals surface area (Å²) in [7, 11) is 3.06. The first-order chi connectivity index (χ1) is 10.0. The Kier molecular flexibility index (Phi) is 4.35. The van der Waals surface area contributed by atoms with E-state index in [2.05, 4.69) is 0 Å². The van der Waals surface area contributed by atoms with E-state index in [1.54, 1.807) is 30.2 Å². The topological polar surface area (TPSA) is 76.1 Å². The first-order valence-electron chi connectivity index (χ1n) is 6.77. The molecular weight excluding hydrogens is 274 g/mol. The average Bonchev–Trinajstić information content (AvgIpc) is 2.83. The number of carbonyl (C=O) groups is 2. The van der Waals surface area contributed by atoms with E-state index in [9.17, 15) is 14.7 Å². The molecule has 1 amide bonds. The van der Waals surface area contributed by atoms with Crippen molar-refractivity contribution in [2.24, 2.45) is 5.92 Å². The second kappa shape index (κ2) is 6.03. The van der Waals surface area contributed by atoms with Crippen LogP contribution in [0.25, 0.3) is 0 Å². The summed E-state index contributed by atoms with van der Waals surface area (Å²) in [6.45, 7) is 2.30. The molecule has 0 spiro atoms. The van der Waals surface area contributed by atoms with Crippen molar-refractivity contribution in [2.75, 3.05) is 20.8 Å². The molecule has 0 radical (unpaired) electrons. The van der Waals surface area contributed by atoms with E-state index < -0.39 is 17.9 Å². The molecule has 1 aromatic carbocycles. The van der Waals surface area contributed by atoms with Gasteiger partial charge in [-0.1, -0.05) is 0 Å². The molecule has 1 N–H and O–H groups in total. The summed E-state index contributed by atoms with van der Waals surface area (Å²) in [4.78, 5) is 25.1. The normalized spacial score (nSPS) is 21.5. The highest BCUT2D eigenvalue weighted by molar-refractivity contribution is 5.87. The molecule has 1 aliphatic heterocycles. The van der Waals surface area contributed by atoms with Crippen molar-refractivity contribution in [1.82, 2.24) is 4.90 Å². The number of carboxylic acids is 1. The summed E-state index contributed by atoms with van der Waals surface area (Å²) in [6, 6.07) is 4.69. The largest absolute Gasteiger partial charge is 0.497 e. The number of benzene rings is 1. The van der Waals surface area contributed by atoms with Crippen molar-refractivity contribution in [3.8, 4) is 11.5 Å². The average molecular weight is 293 g/mol. The fourth-order valence-corrected chi connectivity index (χ4v) is 2.83. The van der Waals surface area contributed by atoms with E-state index in [1.165, 1.54) is 7.11 Å². The third-order valence-electron chi connectivity index (χ3n) is 3.85. The summed E-state index contributed by atoms with van der Waals surface area (Å²) < 4.78 is 10.5. The molecule has 6 heteroatoms. The Bertz CT molecular complexity index is 557. The lowest BCUT2D eigenvalue weighted by Gasteiger charge is -2.27. The SMILES string of the molecule is CCN1C(=O)C[C@@H](C(=O)O)[C@@H]1c1ccc(OC)cc1OC. The van der Waals surface area contributed by atoms with Gasteiger partial charge in [-0.25, -0.2) is 0 Å². The highest BCUT2D eigenvalue weighted by atomic mass is 16.5. The molecule has 0 saturated carbocycles. The molecule has 6 nitrogen and oxygen atoms in total. The molecule has 2 atom stereocenters. The molecule has 1 aliphatic rings. The molecular formula is C15H19NO5. The van der Waals surface area contributed by atoms with Crippen molar-refractivity contribution < 1.29 is 24.2 Å². The van der Waals surface area contributed by atoms with Gasteiger partial charge in [-0.2, -0.15) is 0 Å². The van der Waals surface area contributed by atoms with Gasteiger partial charge in [0.25, 0.3) is 0 Å². The Balaban J connectivity index is 2.50. The lowest BCUT2D eigenvalue weighted by atomic mass is 9.93. The van der Waals surface area contributed by atoms with Crippen molar-refractivity contribution in [2.45, 2.75) is 19.4 Å². The Hall–Kier alpha value is -2.24. The number of amides is 1. The molecule has 2 rings (SSSR count). The van der Waals surface area contributed by atoms with E-state index in [-0.39, 0.29) is 12.3 Å². The summed E-state index contributed by atoms with van der Waals surface area (Å²) >= 11 is 0. The fraction of sp³-hybridized carbons (Fsp3) is 0.467. The van der Waals surface area contributed by atoms with Gasteiger partial charge in [0, 0.05) is 24.6 Å². The minimum absolute atomic E-state index is 0.0169. The molecule has 0 bridgehead atoms. The molecule has 0 aliphatic carbocycles. The monoisotopic (exact) mass is 293 g/mol. The highest BCUT2D eigenvalue weighted by Gasteiger charge is 2.45. The molecule has 0 unspecified atom stereocenters. The number of methoxy groups -OCH3 is 2. The van der Waals surface area contributed by atoms with Gasteiger partial charge in [-0.05, 0) is 19.1 Å². The lowest BCUT2D eigenvalue weighted by molar-refractivity contribution is -0.142. The molecule has 1 saturated heterocycles. The third kappa shape index (κ3) is 2.66. The minimum Gasteiger partial charge on any atom is -0.497 e. The maximum atomic E-state index is 12.0. The van der Waals surface area contributed by atoms with E-state index >= 15 is 0 Å². The van der Waals surface area contributed by atoms with Crippen LogP contribution in [0.15, 0.2) is 18.2 Å². The van der Waals surface area contributed by atoms with Gasteiger partial charge in [0.2, 0.25) is 5.91 Å². The van der Waals surface area contributed by atoms with Gasteiger partial charge in [0.15, 0.2) is 0 Å². The van der Waals surface area contributed by atoms with Crippen LogP contribution in [0.5, 0.6) is 11.5 Å². The first-order valence-corrected chi connectivity index (χ1v) is 6.77. The zero-order valence-electron chi connectivity index (χ0n) is 12.3. The Morgan fingerprint density at radius 1 is 1.38 bits per heavy atom. The van der Waals surface area contributed by atoms with Gasteiger partial charge >= 0.3 is 5.97 Å². The van der Waals surface area contributed by atoms with Crippen LogP contribution in [0.3, 0.4) is 0 Å². The standard InChI is InChI=1S/C15H19NO5/c1-4-16-13(17)8-11(15(18)19)14(16)10-6-5-9(20-2)7-12(10)21-3/h5-7,11,14H,4,8H2,1-3H3,(H,18,19)/t11-,14+/m1/s1. The smallest absolute Gasteiger partial charge is 0.309 e. The minimum atomic E-state index is -0.970. The number of rotatable bonds is 5. The molecule has 21 heavy (non-hydrogen) atoms. The Morgan fingerprint density at radius 3 is 2.62 bits per heavy atom. The Labute approximate surface area is 123 Å². The van der Waals surface area contributed by atoms with Crippen LogP contribution in [-0.4, -0.2) is 42.6 Å². The quantitative estimate of drug-likeness (QED) is 0.894. The zero-order chi connectivity index (χ0) is 15.6. The number of carboxylic acid groups (broad SMARTS) is 1. The number of aliphatic carboxylic acids is 1. The number of carbonyl (C=O) groups excluding carboxylic acids is 1. The van der Waals surface area contributed by atoms with E-state index in [0.29, 0.717) is 23.6 Å². The van der Waals surface area contributed by atoms with E-state index in [1.807, 2.05) is 6.92 Å². The number of hydrogen-bond acceptors (Lipinski definition) is 4. The summed E-state index contributed by atoms with van der Waals surface area (Å²) in [6.07, 6.45) is 0.0169. The molecule has 1 aromatic rings. The maximum Gasteiger partial charge on any atom is 0.309 e. The van der Waals surface area contributed by atoms with Crippen LogP contribution in [-0.2, 0) is 9.59 Å². The molecule has 1 heterocycles.